The second kappa shape index (κ2) is 8.34. The summed E-state index contributed by atoms with van der Waals surface area (Å²) in [5.74, 6) is 0.654. The molecule has 5 heteroatoms. The number of thiophene rings is 1. The second-order valence-corrected chi connectivity index (χ2v) is 7.18. The molecule has 2 aromatic carbocycles. The first kappa shape index (κ1) is 18.4. The van der Waals surface area contributed by atoms with Crippen LogP contribution in [0, 0.1) is 0 Å². The van der Waals surface area contributed by atoms with Gasteiger partial charge in [-0.3, -0.25) is 9.69 Å². The lowest BCUT2D eigenvalue weighted by atomic mass is 10.1. The van der Waals surface area contributed by atoms with Crippen molar-refractivity contribution in [3.63, 3.8) is 0 Å². The predicted octanol–water partition coefficient (Wildman–Crippen LogP) is 4.76. The Bertz CT molecular complexity index is 890. The molecule has 0 saturated carbocycles. The number of nitrogens with one attached hydrogen (secondary N) is 1. The summed E-state index contributed by atoms with van der Waals surface area (Å²) in [7, 11) is 1.98. The van der Waals surface area contributed by atoms with E-state index in [-0.39, 0.29) is 11.9 Å². The highest BCUT2D eigenvalue weighted by Gasteiger charge is 2.20. The number of hydrogen-bond donors (Lipinski definition) is 1. The van der Waals surface area contributed by atoms with E-state index in [0.717, 1.165) is 6.54 Å². The van der Waals surface area contributed by atoms with E-state index in [2.05, 4.69) is 39.9 Å². The van der Waals surface area contributed by atoms with Gasteiger partial charge in [-0.05, 0) is 55.4 Å². The van der Waals surface area contributed by atoms with Gasteiger partial charge in [0.25, 0.3) is 0 Å². The Hall–Kier alpha value is -2.37. The maximum atomic E-state index is 12.7. The summed E-state index contributed by atoms with van der Waals surface area (Å²) in [6.45, 7) is 5.15. The fraction of sp³-hybridized carbons (Fsp3) is 0.286. The fourth-order valence-electron chi connectivity index (χ4n) is 2.85. The summed E-state index contributed by atoms with van der Waals surface area (Å²) in [6.07, 6.45) is 0. The average molecular weight is 369 g/mol. The van der Waals surface area contributed by atoms with E-state index in [4.69, 9.17) is 4.74 Å². The van der Waals surface area contributed by atoms with Gasteiger partial charge in [0.05, 0.1) is 18.3 Å². The predicted molar refractivity (Wildman–Crippen MR) is 109 cm³/mol. The molecule has 1 N–H and O–H groups in total. The molecule has 3 rings (SSSR count). The second-order valence-electron chi connectivity index (χ2n) is 6.27. The van der Waals surface area contributed by atoms with Crippen LogP contribution in [0.1, 0.15) is 19.4 Å². The quantitative estimate of drug-likeness (QED) is 0.654. The maximum absolute atomic E-state index is 12.7. The van der Waals surface area contributed by atoms with Gasteiger partial charge in [-0.25, -0.2) is 0 Å². The van der Waals surface area contributed by atoms with Gasteiger partial charge < -0.3 is 10.1 Å². The number of benzene rings is 2. The Morgan fingerprint density at radius 1 is 1.19 bits per heavy atom. The van der Waals surface area contributed by atoms with E-state index >= 15 is 0 Å². The summed E-state index contributed by atoms with van der Waals surface area (Å²) in [5.41, 5.74) is 1.96. The van der Waals surface area contributed by atoms with E-state index in [1.807, 2.05) is 45.2 Å². The van der Waals surface area contributed by atoms with Crippen molar-refractivity contribution in [3.05, 3.63) is 59.5 Å². The van der Waals surface area contributed by atoms with Crippen LogP contribution in [0.4, 0.5) is 5.69 Å². The van der Waals surface area contributed by atoms with Crippen LogP contribution >= 0.6 is 11.3 Å². The van der Waals surface area contributed by atoms with E-state index in [1.165, 1.54) is 15.6 Å². The van der Waals surface area contributed by atoms with Crippen molar-refractivity contribution in [1.82, 2.24) is 4.90 Å². The molecular weight excluding hydrogens is 344 g/mol. The molecule has 0 spiro atoms. The Kier molecular flexibility index (Phi) is 5.91. The van der Waals surface area contributed by atoms with Crippen molar-refractivity contribution in [3.8, 4) is 5.75 Å². The molecule has 0 fully saturated rings. The summed E-state index contributed by atoms with van der Waals surface area (Å²) >= 11 is 1.74. The van der Waals surface area contributed by atoms with Gasteiger partial charge in [0.1, 0.15) is 5.75 Å². The summed E-state index contributed by atoms with van der Waals surface area (Å²) in [5, 5.41) is 6.43. The molecule has 1 unspecified atom stereocenters. The standard InChI is InChI=1S/C21H24N2O2S/c1-4-25-19-11-7-6-10-18(19)22-21(24)15(2)23(3)13-16-14-26-20-12-8-5-9-17(16)20/h5-12,14-15H,4,13H2,1-3H3,(H,22,24). The molecular formula is C21H24N2O2S. The summed E-state index contributed by atoms with van der Waals surface area (Å²) < 4.78 is 6.86. The lowest BCUT2D eigenvalue weighted by Crippen LogP contribution is -2.39. The zero-order valence-corrected chi connectivity index (χ0v) is 16.2. The number of likely N-dealkylation sites (N-methyl/N-ethyl adjacent to an activating group) is 1. The fourth-order valence-corrected chi connectivity index (χ4v) is 3.80. The van der Waals surface area contributed by atoms with Crippen molar-refractivity contribution in [2.24, 2.45) is 0 Å². The number of hydrogen-bond acceptors (Lipinski definition) is 4. The maximum Gasteiger partial charge on any atom is 0.241 e. The van der Waals surface area contributed by atoms with E-state index in [1.54, 1.807) is 11.3 Å². The number of ether oxygens (including phenoxy) is 1. The number of carbonyl (C=O) groups is 1. The summed E-state index contributed by atoms with van der Waals surface area (Å²) in [6, 6.07) is 15.6. The molecule has 4 nitrogen and oxygen atoms in total. The van der Waals surface area contributed by atoms with Crippen LogP contribution in [0.2, 0.25) is 0 Å². The molecule has 1 amide bonds. The van der Waals surface area contributed by atoms with Crippen LogP contribution in [0.3, 0.4) is 0 Å². The van der Waals surface area contributed by atoms with E-state index in [0.29, 0.717) is 18.0 Å². The molecule has 1 atom stereocenters. The first-order valence-corrected chi connectivity index (χ1v) is 9.66. The largest absolute Gasteiger partial charge is 0.492 e. The number of amides is 1. The highest BCUT2D eigenvalue weighted by atomic mass is 32.1. The zero-order valence-electron chi connectivity index (χ0n) is 15.4. The van der Waals surface area contributed by atoms with Crippen LogP contribution in [-0.2, 0) is 11.3 Å². The minimum absolute atomic E-state index is 0.0424. The normalized spacial score (nSPS) is 12.3. The molecule has 1 aromatic heterocycles. The Morgan fingerprint density at radius 3 is 2.73 bits per heavy atom. The number of carbonyl (C=O) groups excluding carboxylic acids is 1. The molecule has 3 aromatic rings. The molecule has 26 heavy (non-hydrogen) atoms. The Morgan fingerprint density at radius 2 is 1.92 bits per heavy atom. The van der Waals surface area contributed by atoms with Crippen LogP contribution in [0.25, 0.3) is 10.1 Å². The first-order valence-electron chi connectivity index (χ1n) is 8.78. The highest BCUT2D eigenvalue weighted by Crippen LogP contribution is 2.27. The lowest BCUT2D eigenvalue weighted by Gasteiger charge is -2.24. The highest BCUT2D eigenvalue weighted by molar-refractivity contribution is 7.17. The van der Waals surface area contributed by atoms with Gasteiger partial charge in [0.2, 0.25) is 5.91 Å². The van der Waals surface area contributed by atoms with Gasteiger partial charge in [0.15, 0.2) is 0 Å². The molecule has 1 heterocycles. The smallest absolute Gasteiger partial charge is 0.241 e. The lowest BCUT2D eigenvalue weighted by molar-refractivity contribution is -0.120. The first-order chi connectivity index (χ1) is 12.6. The number of para-hydroxylation sites is 2. The molecule has 0 aliphatic carbocycles. The average Bonchev–Trinajstić information content (AvgIpc) is 3.06. The van der Waals surface area contributed by atoms with Gasteiger partial charge in [0, 0.05) is 11.2 Å². The minimum Gasteiger partial charge on any atom is -0.492 e. The molecule has 0 aliphatic heterocycles. The third-order valence-electron chi connectivity index (χ3n) is 4.47. The number of fused-ring (bicyclic) bond motifs is 1. The zero-order chi connectivity index (χ0) is 18.5. The third-order valence-corrected chi connectivity index (χ3v) is 5.48. The Labute approximate surface area is 158 Å². The van der Waals surface area contributed by atoms with Crippen LogP contribution in [-0.4, -0.2) is 30.5 Å². The van der Waals surface area contributed by atoms with Crippen molar-refractivity contribution in [2.45, 2.75) is 26.4 Å². The summed E-state index contributed by atoms with van der Waals surface area (Å²) in [4.78, 5) is 14.8. The molecule has 0 saturated heterocycles. The molecule has 136 valence electrons. The van der Waals surface area contributed by atoms with Gasteiger partial charge in [-0.15, -0.1) is 11.3 Å². The van der Waals surface area contributed by atoms with Crippen molar-refractivity contribution in [2.75, 3.05) is 19.0 Å². The van der Waals surface area contributed by atoms with Crippen LogP contribution < -0.4 is 10.1 Å². The monoisotopic (exact) mass is 368 g/mol. The van der Waals surface area contributed by atoms with E-state index in [9.17, 15) is 4.79 Å². The Balaban J connectivity index is 1.68. The molecule has 0 bridgehead atoms. The molecule has 0 radical (unpaired) electrons. The van der Waals surface area contributed by atoms with Crippen molar-refractivity contribution >= 4 is 33.0 Å². The van der Waals surface area contributed by atoms with Crippen LogP contribution in [0.5, 0.6) is 5.75 Å². The molecule has 0 aliphatic rings. The minimum atomic E-state index is -0.261. The topological polar surface area (TPSA) is 41.6 Å². The number of rotatable bonds is 7. The number of nitrogens with zero attached hydrogens (tertiary/aromatic N) is 1. The SMILES string of the molecule is CCOc1ccccc1NC(=O)C(C)N(C)Cc1csc2ccccc12. The van der Waals surface area contributed by atoms with E-state index < -0.39 is 0 Å². The van der Waals surface area contributed by atoms with Crippen LogP contribution in [0.15, 0.2) is 53.9 Å². The van der Waals surface area contributed by atoms with Gasteiger partial charge in [-0.1, -0.05) is 30.3 Å². The van der Waals surface area contributed by atoms with Gasteiger partial charge in [-0.2, -0.15) is 0 Å². The van der Waals surface area contributed by atoms with Gasteiger partial charge >= 0.3 is 0 Å². The van der Waals surface area contributed by atoms with Crippen molar-refractivity contribution < 1.29 is 9.53 Å². The van der Waals surface area contributed by atoms with Crippen molar-refractivity contribution in [1.29, 1.82) is 0 Å². The number of anilines is 1. The third kappa shape index (κ3) is 4.06.